The summed E-state index contributed by atoms with van der Waals surface area (Å²) in [5.41, 5.74) is -0.705. The number of likely N-dealkylation sites (N-methyl/N-ethyl adjacent to an activating group) is 1. The Morgan fingerprint density at radius 3 is 2.50 bits per heavy atom. The van der Waals surface area contributed by atoms with E-state index in [-0.39, 0.29) is 24.1 Å². The lowest BCUT2D eigenvalue weighted by Gasteiger charge is -2.23. The van der Waals surface area contributed by atoms with Crippen LogP contribution in [0.4, 0.5) is 13.2 Å². The number of hydrogen-bond donors (Lipinski definition) is 2. The largest absolute Gasteiger partial charge is 0.416 e. The van der Waals surface area contributed by atoms with Crippen molar-refractivity contribution in [3.63, 3.8) is 0 Å². The van der Waals surface area contributed by atoms with Crippen molar-refractivity contribution >= 4 is 5.91 Å². The van der Waals surface area contributed by atoms with Crippen LogP contribution in [-0.2, 0) is 11.0 Å². The zero-order valence-corrected chi connectivity index (χ0v) is 12.8. The van der Waals surface area contributed by atoms with E-state index in [9.17, 15) is 23.1 Å². The highest BCUT2D eigenvalue weighted by atomic mass is 19.4. The molecule has 0 saturated carbocycles. The van der Waals surface area contributed by atoms with Crippen LogP contribution in [0.2, 0.25) is 0 Å². The standard InChI is InChI=1S/C15H21F3N2O2/c1-4-12(20(2)3)14(22)19-9-13(21)10-6-5-7-11(8-10)15(16,17)18/h5-8,12-13,21H,4,9H2,1-3H3,(H,19,22). The molecule has 22 heavy (non-hydrogen) atoms. The minimum atomic E-state index is -4.46. The van der Waals surface area contributed by atoms with Crippen LogP contribution >= 0.6 is 0 Å². The molecule has 0 aliphatic carbocycles. The molecule has 2 N–H and O–H groups in total. The van der Waals surface area contributed by atoms with Gasteiger partial charge in [-0.05, 0) is 38.2 Å². The number of amides is 1. The summed E-state index contributed by atoms with van der Waals surface area (Å²) < 4.78 is 37.9. The fourth-order valence-corrected chi connectivity index (χ4v) is 2.14. The maximum Gasteiger partial charge on any atom is 0.416 e. The highest BCUT2D eigenvalue weighted by Gasteiger charge is 2.31. The first kappa shape index (κ1) is 18.4. The third-order valence-electron chi connectivity index (χ3n) is 3.38. The fourth-order valence-electron chi connectivity index (χ4n) is 2.14. The minimum absolute atomic E-state index is 0.119. The first-order valence-corrected chi connectivity index (χ1v) is 6.96. The quantitative estimate of drug-likeness (QED) is 0.845. The Balaban J connectivity index is 2.70. The number of halogens is 3. The molecule has 2 unspecified atom stereocenters. The molecule has 1 rings (SSSR count). The number of nitrogens with zero attached hydrogens (tertiary/aromatic N) is 1. The van der Waals surface area contributed by atoms with Crippen LogP contribution in [0.15, 0.2) is 24.3 Å². The summed E-state index contributed by atoms with van der Waals surface area (Å²) in [6.07, 6.45) is -5.05. The molecule has 0 bridgehead atoms. The number of carbonyl (C=O) groups excluding carboxylic acids is 1. The van der Waals surface area contributed by atoms with Gasteiger partial charge in [-0.2, -0.15) is 13.2 Å². The molecule has 0 radical (unpaired) electrons. The van der Waals surface area contributed by atoms with Gasteiger partial charge in [0, 0.05) is 6.54 Å². The number of carbonyl (C=O) groups is 1. The van der Waals surface area contributed by atoms with E-state index >= 15 is 0 Å². The van der Waals surface area contributed by atoms with Crippen LogP contribution in [0.5, 0.6) is 0 Å². The second-order valence-electron chi connectivity index (χ2n) is 5.27. The highest BCUT2D eigenvalue weighted by Crippen LogP contribution is 2.30. The molecule has 0 aliphatic rings. The van der Waals surface area contributed by atoms with E-state index < -0.39 is 17.8 Å². The van der Waals surface area contributed by atoms with Gasteiger partial charge < -0.3 is 10.4 Å². The van der Waals surface area contributed by atoms with Crippen LogP contribution in [0.1, 0.15) is 30.6 Å². The Morgan fingerprint density at radius 1 is 1.36 bits per heavy atom. The molecule has 1 amide bonds. The third-order valence-corrected chi connectivity index (χ3v) is 3.38. The lowest BCUT2D eigenvalue weighted by molar-refractivity contribution is -0.137. The van der Waals surface area contributed by atoms with Crippen molar-refractivity contribution in [1.82, 2.24) is 10.2 Å². The molecule has 124 valence electrons. The monoisotopic (exact) mass is 318 g/mol. The van der Waals surface area contributed by atoms with E-state index in [1.807, 2.05) is 6.92 Å². The SMILES string of the molecule is CCC(C(=O)NCC(O)c1cccc(C(F)(F)F)c1)N(C)C. The lowest BCUT2D eigenvalue weighted by atomic mass is 10.1. The molecule has 0 aromatic heterocycles. The number of nitrogens with one attached hydrogen (secondary N) is 1. The van der Waals surface area contributed by atoms with Gasteiger partial charge in [0.1, 0.15) is 0 Å². The Hall–Kier alpha value is -1.60. The zero-order chi connectivity index (χ0) is 16.9. The van der Waals surface area contributed by atoms with E-state index in [0.29, 0.717) is 6.42 Å². The smallest absolute Gasteiger partial charge is 0.387 e. The summed E-state index contributed by atoms with van der Waals surface area (Å²) >= 11 is 0. The number of benzene rings is 1. The van der Waals surface area contributed by atoms with Crippen molar-refractivity contribution in [3.05, 3.63) is 35.4 Å². The van der Waals surface area contributed by atoms with Gasteiger partial charge in [0.25, 0.3) is 0 Å². The molecule has 2 atom stereocenters. The molecule has 0 fully saturated rings. The Labute approximate surface area is 127 Å². The third kappa shape index (κ3) is 4.99. The second kappa shape index (κ2) is 7.60. The van der Waals surface area contributed by atoms with Gasteiger partial charge in [-0.15, -0.1) is 0 Å². The van der Waals surface area contributed by atoms with Crippen molar-refractivity contribution in [3.8, 4) is 0 Å². The fraction of sp³-hybridized carbons (Fsp3) is 0.533. The van der Waals surface area contributed by atoms with E-state index in [1.165, 1.54) is 12.1 Å². The zero-order valence-electron chi connectivity index (χ0n) is 12.8. The minimum Gasteiger partial charge on any atom is -0.387 e. The summed E-state index contributed by atoms with van der Waals surface area (Å²) in [5.74, 6) is -0.265. The average molecular weight is 318 g/mol. The lowest BCUT2D eigenvalue weighted by Crippen LogP contribution is -2.44. The Kier molecular flexibility index (Phi) is 6.37. The molecule has 1 aromatic carbocycles. The van der Waals surface area contributed by atoms with Gasteiger partial charge in [0.05, 0.1) is 17.7 Å². The maximum atomic E-state index is 12.6. The highest BCUT2D eigenvalue weighted by molar-refractivity contribution is 5.81. The first-order valence-electron chi connectivity index (χ1n) is 6.96. The van der Waals surface area contributed by atoms with Crippen LogP contribution in [0.3, 0.4) is 0 Å². The topological polar surface area (TPSA) is 52.6 Å². The van der Waals surface area contributed by atoms with Gasteiger partial charge >= 0.3 is 6.18 Å². The molecule has 4 nitrogen and oxygen atoms in total. The number of hydrogen-bond acceptors (Lipinski definition) is 3. The molecular weight excluding hydrogens is 297 g/mol. The Morgan fingerprint density at radius 2 is 2.00 bits per heavy atom. The second-order valence-corrected chi connectivity index (χ2v) is 5.27. The van der Waals surface area contributed by atoms with E-state index in [4.69, 9.17) is 0 Å². The van der Waals surface area contributed by atoms with Crippen molar-refractivity contribution in [2.75, 3.05) is 20.6 Å². The van der Waals surface area contributed by atoms with Crippen LogP contribution in [0, 0.1) is 0 Å². The van der Waals surface area contributed by atoms with E-state index in [1.54, 1.807) is 19.0 Å². The van der Waals surface area contributed by atoms with E-state index in [2.05, 4.69) is 5.32 Å². The van der Waals surface area contributed by atoms with Gasteiger partial charge in [-0.25, -0.2) is 0 Å². The summed E-state index contributed by atoms with van der Waals surface area (Å²) in [7, 11) is 3.52. The normalized spacial score (nSPS) is 14.7. The molecular formula is C15H21F3N2O2. The van der Waals surface area contributed by atoms with Crippen molar-refractivity contribution in [2.24, 2.45) is 0 Å². The number of aliphatic hydroxyl groups excluding tert-OH is 1. The number of aliphatic hydroxyl groups is 1. The van der Waals surface area contributed by atoms with Crippen LogP contribution in [-0.4, -0.2) is 42.6 Å². The molecule has 1 aromatic rings. The number of alkyl halides is 3. The van der Waals surface area contributed by atoms with Gasteiger partial charge in [-0.3, -0.25) is 9.69 Å². The summed E-state index contributed by atoms with van der Waals surface area (Å²) in [4.78, 5) is 13.7. The summed E-state index contributed by atoms with van der Waals surface area (Å²) in [6, 6.07) is 4.12. The van der Waals surface area contributed by atoms with Gasteiger partial charge in [0.2, 0.25) is 5.91 Å². The Bertz CT molecular complexity index is 504. The summed E-state index contributed by atoms with van der Waals surface area (Å²) in [5, 5.41) is 12.5. The van der Waals surface area contributed by atoms with Crippen molar-refractivity contribution in [2.45, 2.75) is 31.7 Å². The van der Waals surface area contributed by atoms with Gasteiger partial charge in [0.15, 0.2) is 0 Å². The molecule has 0 heterocycles. The first-order chi connectivity index (χ1) is 10.2. The van der Waals surface area contributed by atoms with Crippen molar-refractivity contribution in [1.29, 1.82) is 0 Å². The average Bonchev–Trinajstić information content (AvgIpc) is 2.44. The predicted octanol–water partition coefficient (Wildman–Crippen LogP) is 2.20. The molecule has 7 heteroatoms. The van der Waals surface area contributed by atoms with Crippen LogP contribution in [0.25, 0.3) is 0 Å². The summed E-state index contributed by atoms with van der Waals surface area (Å²) in [6.45, 7) is 1.72. The van der Waals surface area contributed by atoms with E-state index in [0.717, 1.165) is 12.1 Å². The van der Waals surface area contributed by atoms with Gasteiger partial charge in [-0.1, -0.05) is 19.1 Å². The molecule has 0 saturated heterocycles. The number of rotatable bonds is 6. The van der Waals surface area contributed by atoms with Crippen molar-refractivity contribution < 1.29 is 23.1 Å². The molecule has 0 aliphatic heterocycles. The molecule has 0 spiro atoms. The maximum absolute atomic E-state index is 12.6. The van der Waals surface area contributed by atoms with Crippen LogP contribution < -0.4 is 5.32 Å². The predicted molar refractivity (Wildman–Crippen MR) is 77.2 cm³/mol.